The minimum absolute atomic E-state index is 0.101. The average molecular weight is 353 g/mol. The first kappa shape index (κ1) is 16.8. The van der Waals surface area contributed by atoms with Crippen molar-refractivity contribution in [3.05, 3.63) is 41.6 Å². The standard InChI is InChI=1S/C20H23N3O3/c1-20(2)15-6-4-5-7-16(15)21(3)17(20)10-14(24)11-23-18(25)12-22(19(23)26)13-8-9-13/h4-7,10,13H,8-9,11-12H2,1-3H3/b17-10-. The van der Waals surface area contributed by atoms with E-state index >= 15 is 0 Å². The second kappa shape index (κ2) is 5.69. The minimum atomic E-state index is -0.327. The van der Waals surface area contributed by atoms with E-state index in [9.17, 15) is 14.4 Å². The van der Waals surface area contributed by atoms with Gasteiger partial charge in [-0.2, -0.15) is 0 Å². The topological polar surface area (TPSA) is 60.9 Å². The van der Waals surface area contributed by atoms with E-state index in [1.165, 1.54) is 0 Å². The van der Waals surface area contributed by atoms with E-state index in [0.717, 1.165) is 34.7 Å². The third kappa shape index (κ3) is 2.52. The lowest BCUT2D eigenvalue weighted by atomic mass is 9.83. The first-order chi connectivity index (χ1) is 12.3. The third-order valence-corrected chi connectivity index (χ3v) is 5.62. The molecule has 2 heterocycles. The molecule has 1 saturated heterocycles. The van der Waals surface area contributed by atoms with Gasteiger partial charge in [-0.1, -0.05) is 32.0 Å². The number of likely N-dealkylation sites (N-methyl/N-ethyl adjacent to an activating group) is 1. The maximum absolute atomic E-state index is 12.7. The molecule has 1 aromatic carbocycles. The smallest absolute Gasteiger partial charge is 0.327 e. The zero-order valence-electron chi connectivity index (χ0n) is 15.4. The van der Waals surface area contributed by atoms with Crippen molar-refractivity contribution in [2.24, 2.45) is 0 Å². The van der Waals surface area contributed by atoms with Gasteiger partial charge in [0.1, 0.15) is 6.54 Å². The van der Waals surface area contributed by atoms with Gasteiger partial charge in [0.15, 0.2) is 5.78 Å². The lowest BCUT2D eigenvalue weighted by molar-refractivity contribution is -0.128. The van der Waals surface area contributed by atoms with Crippen molar-refractivity contribution in [1.82, 2.24) is 9.80 Å². The summed E-state index contributed by atoms with van der Waals surface area (Å²) in [5.74, 6) is -0.511. The van der Waals surface area contributed by atoms with Crippen LogP contribution >= 0.6 is 0 Å². The Kier molecular flexibility index (Phi) is 3.68. The van der Waals surface area contributed by atoms with Crippen LogP contribution in [0, 0.1) is 0 Å². The lowest BCUT2D eigenvalue weighted by Crippen LogP contribution is -2.37. The highest BCUT2D eigenvalue weighted by atomic mass is 16.2. The van der Waals surface area contributed by atoms with Crippen molar-refractivity contribution in [2.45, 2.75) is 38.1 Å². The van der Waals surface area contributed by atoms with Crippen molar-refractivity contribution in [1.29, 1.82) is 0 Å². The molecule has 0 bridgehead atoms. The van der Waals surface area contributed by atoms with E-state index in [4.69, 9.17) is 0 Å². The molecule has 136 valence electrons. The van der Waals surface area contributed by atoms with Crippen LogP contribution in [0.1, 0.15) is 32.3 Å². The molecule has 0 aromatic heterocycles. The molecule has 2 fully saturated rings. The number of carbonyl (C=O) groups is 3. The van der Waals surface area contributed by atoms with Crippen LogP contribution in [0.2, 0.25) is 0 Å². The molecular formula is C20H23N3O3. The Morgan fingerprint density at radius 3 is 2.58 bits per heavy atom. The van der Waals surface area contributed by atoms with Gasteiger partial charge in [0.25, 0.3) is 5.91 Å². The third-order valence-electron chi connectivity index (χ3n) is 5.62. The van der Waals surface area contributed by atoms with Crippen LogP contribution in [0.25, 0.3) is 0 Å². The van der Waals surface area contributed by atoms with Crippen LogP contribution in [-0.2, 0) is 15.0 Å². The van der Waals surface area contributed by atoms with E-state index in [0.29, 0.717) is 0 Å². The quantitative estimate of drug-likeness (QED) is 0.616. The fraction of sp³-hybridized carbons (Fsp3) is 0.450. The Hall–Kier alpha value is -2.63. The van der Waals surface area contributed by atoms with E-state index in [2.05, 4.69) is 19.9 Å². The summed E-state index contributed by atoms with van der Waals surface area (Å²) in [7, 11) is 1.94. The Morgan fingerprint density at radius 2 is 1.92 bits per heavy atom. The van der Waals surface area contributed by atoms with E-state index in [1.807, 2.05) is 30.1 Å². The zero-order valence-corrected chi connectivity index (χ0v) is 15.4. The average Bonchev–Trinajstić information content (AvgIpc) is 3.38. The molecule has 1 saturated carbocycles. The number of imide groups is 1. The molecular weight excluding hydrogens is 330 g/mol. The SMILES string of the molecule is CN1/C(=C\C(=O)CN2C(=O)CN(C3CC3)C2=O)C(C)(C)c2ccccc21. The molecule has 1 aliphatic carbocycles. The maximum Gasteiger partial charge on any atom is 0.327 e. The maximum atomic E-state index is 12.7. The highest BCUT2D eigenvalue weighted by molar-refractivity contribution is 6.07. The monoisotopic (exact) mass is 353 g/mol. The van der Waals surface area contributed by atoms with Crippen molar-refractivity contribution in [3.8, 4) is 0 Å². The second-order valence-corrected chi connectivity index (χ2v) is 7.82. The van der Waals surface area contributed by atoms with Gasteiger partial charge < -0.3 is 9.80 Å². The Balaban J connectivity index is 1.54. The van der Waals surface area contributed by atoms with Crippen LogP contribution in [0.3, 0.4) is 0 Å². The number of hydrogen-bond acceptors (Lipinski definition) is 4. The molecule has 26 heavy (non-hydrogen) atoms. The Bertz CT molecular complexity index is 838. The molecule has 0 atom stereocenters. The summed E-state index contributed by atoms with van der Waals surface area (Å²) in [5.41, 5.74) is 2.81. The Labute approximate surface area is 153 Å². The molecule has 6 heteroatoms. The van der Waals surface area contributed by atoms with E-state index in [-0.39, 0.29) is 42.3 Å². The van der Waals surface area contributed by atoms with Crippen LogP contribution in [0.15, 0.2) is 36.0 Å². The minimum Gasteiger partial charge on any atom is -0.347 e. The van der Waals surface area contributed by atoms with Crippen molar-refractivity contribution in [3.63, 3.8) is 0 Å². The van der Waals surface area contributed by atoms with Gasteiger partial charge in [-0.25, -0.2) is 4.79 Å². The molecule has 2 aliphatic heterocycles. The zero-order chi connectivity index (χ0) is 18.6. The van der Waals surface area contributed by atoms with E-state index in [1.54, 1.807) is 11.0 Å². The summed E-state index contributed by atoms with van der Waals surface area (Å²) in [6.45, 7) is 4.07. The molecule has 0 unspecified atom stereocenters. The van der Waals surface area contributed by atoms with Gasteiger partial charge in [-0.3, -0.25) is 14.5 Å². The summed E-state index contributed by atoms with van der Waals surface area (Å²) in [5, 5.41) is 0. The number of para-hydroxylation sites is 1. The van der Waals surface area contributed by atoms with Crippen LogP contribution in [-0.4, -0.2) is 53.7 Å². The first-order valence-electron chi connectivity index (χ1n) is 9.00. The molecule has 3 amide bonds. The summed E-state index contributed by atoms with van der Waals surface area (Å²) >= 11 is 0. The number of rotatable bonds is 4. The summed E-state index contributed by atoms with van der Waals surface area (Å²) in [6, 6.07) is 7.92. The highest BCUT2D eigenvalue weighted by Crippen LogP contribution is 2.46. The fourth-order valence-electron chi connectivity index (χ4n) is 4.00. The molecule has 0 N–H and O–H groups in total. The molecule has 4 rings (SSSR count). The van der Waals surface area contributed by atoms with Crippen molar-refractivity contribution >= 4 is 23.4 Å². The van der Waals surface area contributed by atoms with Gasteiger partial charge in [0, 0.05) is 36.0 Å². The molecule has 0 radical (unpaired) electrons. The van der Waals surface area contributed by atoms with Crippen LogP contribution in [0.5, 0.6) is 0 Å². The predicted molar refractivity (Wildman–Crippen MR) is 97.8 cm³/mol. The predicted octanol–water partition coefficient (Wildman–Crippen LogP) is 2.29. The van der Waals surface area contributed by atoms with Gasteiger partial charge in [0.05, 0.1) is 6.54 Å². The normalized spacial score (nSPS) is 23.2. The van der Waals surface area contributed by atoms with Gasteiger partial charge in [-0.05, 0) is 24.5 Å². The molecule has 0 spiro atoms. The van der Waals surface area contributed by atoms with Crippen molar-refractivity contribution < 1.29 is 14.4 Å². The number of ketones is 1. The van der Waals surface area contributed by atoms with Crippen molar-refractivity contribution in [2.75, 3.05) is 25.0 Å². The number of allylic oxidation sites excluding steroid dienone is 1. The second-order valence-electron chi connectivity index (χ2n) is 7.82. The number of anilines is 1. The fourth-order valence-corrected chi connectivity index (χ4v) is 4.00. The number of hydrogen-bond donors (Lipinski definition) is 0. The number of benzene rings is 1. The highest BCUT2D eigenvalue weighted by Gasteiger charge is 2.44. The molecule has 1 aromatic rings. The number of nitrogens with zero attached hydrogens (tertiary/aromatic N) is 3. The summed E-state index contributed by atoms with van der Waals surface area (Å²) in [6.07, 6.45) is 3.48. The number of urea groups is 1. The summed E-state index contributed by atoms with van der Waals surface area (Å²) in [4.78, 5) is 41.9. The van der Waals surface area contributed by atoms with Gasteiger partial charge in [0.2, 0.25) is 0 Å². The number of carbonyl (C=O) groups excluding carboxylic acids is 3. The van der Waals surface area contributed by atoms with Gasteiger partial charge >= 0.3 is 6.03 Å². The lowest BCUT2D eigenvalue weighted by Gasteiger charge is -2.24. The number of amides is 3. The molecule has 6 nitrogen and oxygen atoms in total. The van der Waals surface area contributed by atoms with Gasteiger partial charge in [-0.15, -0.1) is 0 Å². The Morgan fingerprint density at radius 1 is 1.23 bits per heavy atom. The first-order valence-corrected chi connectivity index (χ1v) is 9.00. The van der Waals surface area contributed by atoms with Crippen LogP contribution in [0.4, 0.5) is 10.5 Å². The number of fused-ring (bicyclic) bond motifs is 1. The molecule has 3 aliphatic rings. The van der Waals surface area contributed by atoms with E-state index < -0.39 is 0 Å². The summed E-state index contributed by atoms with van der Waals surface area (Å²) < 4.78 is 0. The largest absolute Gasteiger partial charge is 0.347 e. The van der Waals surface area contributed by atoms with Crippen LogP contribution < -0.4 is 4.90 Å².